The minimum absolute atomic E-state index is 0.166. The molecule has 0 aliphatic rings. The summed E-state index contributed by atoms with van der Waals surface area (Å²) in [5.41, 5.74) is 3.02. The van der Waals surface area contributed by atoms with E-state index in [-0.39, 0.29) is 12.5 Å². The lowest BCUT2D eigenvalue weighted by atomic mass is 10.0. The third kappa shape index (κ3) is 7.42. The molecule has 1 N–H and O–H groups in total. The molecule has 0 unspecified atom stereocenters. The van der Waals surface area contributed by atoms with E-state index < -0.39 is 28.5 Å². The Bertz CT molecular complexity index is 1260. The van der Waals surface area contributed by atoms with Gasteiger partial charge >= 0.3 is 0 Å². The smallest absolute Gasteiger partial charge is 0.244 e. The standard InChI is InChI=1S/C28H33N3O4S/c1-4-29-28(33)26(19-23-13-7-5-8-14-23)30(20-24-15-9-6-10-16-24)27(32)21-31(36(3,34)35)25-17-11-12-22(2)18-25/h5-18,26H,4,19-21H2,1-3H3,(H,29,33)/t26-/m0/s1. The highest BCUT2D eigenvalue weighted by molar-refractivity contribution is 7.92. The number of hydrogen-bond donors (Lipinski definition) is 1. The fourth-order valence-corrected chi connectivity index (χ4v) is 4.86. The van der Waals surface area contributed by atoms with Gasteiger partial charge in [-0.1, -0.05) is 72.8 Å². The number of likely N-dealkylation sites (N-methyl/N-ethyl adjacent to an activating group) is 1. The molecule has 0 spiro atoms. The van der Waals surface area contributed by atoms with Crippen molar-refractivity contribution in [2.45, 2.75) is 32.9 Å². The Kier molecular flexibility index (Phi) is 9.25. The molecule has 0 bridgehead atoms. The second-order valence-corrected chi connectivity index (χ2v) is 10.6. The van der Waals surface area contributed by atoms with Crippen molar-refractivity contribution in [2.24, 2.45) is 0 Å². The molecule has 2 amide bonds. The van der Waals surface area contributed by atoms with E-state index in [4.69, 9.17) is 0 Å². The Balaban J connectivity index is 2.01. The maximum Gasteiger partial charge on any atom is 0.244 e. The van der Waals surface area contributed by atoms with E-state index in [2.05, 4.69) is 5.32 Å². The number of nitrogens with zero attached hydrogens (tertiary/aromatic N) is 2. The summed E-state index contributed by atoms with van der Waals surface area (Å²) in [5.74, 6) is -0.745. The van der Waals surface area contributed by atoms with Gasteiger partial charge in [0.1, 0.15) is 12.6 Å². The van der Waals surface area contributed by atoms with Crippen LogP contribution in [-0.2, 0) is 32.6 Å². The summed E-state index contributed by atoms with van der Waals surface area (Å²) in [6.45, 7) is 3.85. The molecule has 0 saturated carbocycles. The minimum atomic E-state index is -3.77. The van der Waals surface area contributed by atoms with E-state index in [9.17, 15) is 18.0 Å². The molecule has 0 radical (unpaired) electrons. The summed E-state index contributed by atoms with van der Waals surface area (Å²) in [6, 6.07) is 25.0. The number of carbonyl (C=O) groups is 2. The van der Waals surface area contributed by atoms with Gasteiger partial charge in [-0.05, 0) is 42.7 Å². The highest BCUT2D eigenvalue weighted by atomic mass is 32.2. The molecule has 0 saturated heterocycles. The van der Waals surface area contributed by atoms with Crippen LogP contribution in [0.25, 0.3) is 0 Å². The van der Waals surface area contributed by atoms with Crippen LogP contribution in [-0.4, -0.2) is 50.5 Å². The fourth-order valence-electron chi connectivity index (χ4n) is 4.02. The number of nitrogens with one attached hydrogen (secondary N) is 1. The average molecular weight is 508 g/mol. The van der Waals surface area contributed by atoms with Crippen molar-refractivity contribution in [3.8, 4) is 0 Å². The van der Waals surface area contributed by atoms with Gasteiger partial charge in [0, 0.05) is 19.5 Å². The Morgan fingerprint density at radius 1 is 0.889 bits per heavy atom. The second kappa shape index (κ2) is 12.4. The minimum Gasteiger partial charge on any atom is -0.355 e. The van der Waals surface area contributed by atoms with Gasteiger partial charge in [0.25, 0.3) is 0 Å². The van der Waals surface area contributed by atoms with Crippen LogP contribution in [0.5, 0.6) is 0 Å². The lowest BCUT2D eigenvalue weighted by molar-refractivity contribution is -0.140. The van der Waals surface area contributed by atoms with Crippen LogP contribution < -0.4 is 9.62 Å². The quantitative estimate of drug-likeness (QED) is 0.430. The summed E-state index contributed by atoms with van der Waals surface area (Å²) in [5, 5.41) is 2.85. The number of aryl methyl sites for hydroxylation is 1. The zero-order valence-electron chi connectivity index (χ0n) is 20.9. The maximum absolute atomic E-state index is 13.8. The topological polar surface area (TPSA) is 86.8 Å². The van der Waals surface area contributed by atoms with Crippen LogP contribution in [0.3, 0.4) is 0 Å². The Hall–Kier alpha value is -3.65. The third-order valence-corrected chi connectivity index (χ3v) is 6.93. The molecule has 0 heterocycles. The van der Waals surface area contributed by atoms with Crippen molar-refractivity contribution in [3.05, 3.63) is 102 Å². The first-order valence-electron chi connectivity index (χ1n) is 11.9. The number of anilines is 1. The summed E-state index contributed by atoms with van der Waals surface area (Å²) in [7, 11) is -3.77. The van der Waals surface area contributed by atoms with Gasteiger partial charge in [0.2, 0.25) is 21.8 Å². The lowest BCUT2D eigenvalue weighted by Gasteiger charge is -2.33. The van der Waals surface area contributed by atoms with Crippen LogP contribution in [0.15, 0.2) is 84.9 Å². The highest BCUT2D eigenvalue weighted by Gasteiger charge is 2.32. The van der Waals surface area contributed by atoms with E-state index >= 15 is 0 Å². The van der Waals surface area contributed by atoms with Crippen molar-refractivity contribution >= 4 is 27.5 Å². The number of hydrogen-bond acceptors (Lipinski definition) is 4. The van der Waals surface area contributed by atoms with E-state index in [0.717, 1.165) is 27.3 Å². The van der Waals surface area contributed by atoms with Crippen molar-refractivity contribution in [3.63, 3.8) is 0 Å². The molecular formula is C28H33N3O4S. The van der Waals surface area contributed by atoms with Crippen molar-refractivity contribution in [1.29, 1.82) is 0 Å². The number of rotatable bonds is 11. The molecule has 0 fully saturated rings. The van der Waals surface area contributed by atoms with Crippen molar-refractivity contribution in [2.75, 3.05) is 23.7 Å². The van der Waals surface area contributed by atoms with E-state index in [1.54, 1.807) is 18.2 Å². The summed E-state index contributed by atoms with van der Waals surface area (Å²) in [4.78, 5) is 28.6. The summed E-state index contributed by atoms with van der Waals surface area (Å²) < 4.78 is 26.6. The fraction of sp³-hybridized carbons (Fsp3) is 0.286. The van der Waals surface area contributed by atoms with Crippen molar-refractivity contribution in [1.82, 2.24) is 10.2 Å². The monoisotopic (exact) mass is 507 g/mol. The Morgan fingerprint density at radius 2 is 1.50 bits per heavy atom. The van der Waals surface area contributed by atoms with Crippen LogP contribution in [0, 0.1) is 6.92 Å². The normalized spacial score (nSPS) is 12.0. The molecule has 0 aliphatic carbocycles. The highest BCUT2D eigenvalue weighted by Crippen LogP contribution is 2.21. The predicted molar refractivity (Wildman–Crippen MR) is 143 cm³/mol. The van der Waals surface area contributed by atoms with E-state index in [1.807, 2.05) is 80.6 Å². The van der Waals surface area contributed by atoms with Gasteiger partial charge in [-0.2, -0.15) is 0 Å². The van der Waals surface area contributed by atoms with Gasteiger partial charge in [-0.3, -0.25) is 13.9 Å². The molecule has 1 atom stereocenters. The zero-order chi connectivity index (χ0) is 26.1. The Labute approximate surface area is 213 Å². The molecule has 7 nitrogen and oxygen atoms in total. The second-order valence-electron chi connectivity index (χ2n) is 8.72. The lowest BCUT2D eigenvalue weighted by Crippen LogP contribution is -2.53. The molecule has 3 aromatic carbocycles. The first-order chi connectivity index (χ1) is 17.2. The van der Waals surface area contributed by atoms with Crippen LogP contribution in [0.2, 0.25) is 0 Å². The molecule has 3 aromatic rings. The first kappa shape index (κ1) is 26.9. The zero-order valence-corrected chi connectivity index (χ0v) is 21.7. The van der Waals surface area contributed by atoms with Crippen LogP contribution >= 0.6 is 0 Å². The Morgan fingerprint density at radius 3 is 2.06 bits per heavy atom. The predicted octanol–water partition coefficient (Wildman–Crippen LogP) is 3.54. The molecule has 36 heavy (non-hydrogen) atoms. The van der Waals surface area contributed by atoms with Gasteiger partial charge in [0.05, 0.1) is 11.9 Å². The number of sulfonamides is 1. The van der Waals surface area contributed by atoms with Crippen LogP contribution in [0.1, 0.15) is 23.6 Å². The maximum atomic E-state index is 13.8. The van der Waals surface area contributed by atoms with Gasteiger partial charge in [0.15, 0.2) is 0 Å². The SMILES string of the molecule is CCNC(=O)[C@H](Cc1ccccc1)N(Cc1ccccc1)C(=O)CN(c1cccc(C)c1)S(C)(=O)=O. The number of benzene rings is 3. The molecule has 3 rings (SSSR count). The average Bonchev–Trinajstić information content (AvgIpc) is 2.85. The van der Waals surface area contributed by atoms with Crippen molar-refractivity contribution < 1.29 is 18.0 Å². The number of amides is 2. The van der Waals surface area contributed by atoms with E-state index in [1.165, 1.54) is 4.90 Å². The van der Waals surface area contributed by atoms with Gasteiger partial charge < -0.3 is 10.2 Å². The van der Waals surface area contributed by atoms with Crippen LogP contribution in [0.4, 0.5) is 5.69 Å². The number of carbonyl (C=O) groups excluding carboxylic acids is 2. The molecule has 190 valence electrons. The van der Waals surface area contributed by atoms with E-state index in [0.29, 0.717) is 18.7 Å². The molecule has 8 heteroatoms. The van der Waals surface area contributed by atoms with Gasteiger partial charge in [-0.25, -0.2) is 8.42 Å². The molecule has 0 aliphatic heterocycles. The largest absolute Gasteiger partial charge is 0.355 e. The van der Waals surface area contributed by atoms with Gasteiger partial charge in [-0.15, -0.1) is 0 Å². The molecular weight excluding hydrogens is 474 g/mol. The first-order valence-corrected chi connectivity index (χ1v) is 13.7. The molecule has 0 aromatic heterocycles. The summed E-state index contributed by atoms with van der Waals surface area (Å²) in [6.07, 6.45) is 1.38. The summed E-state index contributed by atoms with van der Waals surface area (Å²) >= 11 is 0. The third-order valence-electron chi connectivity index (χ3n) is 5.79.